The van der Waals surface area contributed by atoms with Crippen LogP contribution in [0.3, 0.4) is 0 Å². The van der Waals surface area contributed by atoms with Crippen molar-refractivity contribution in [1.82, 2.24) is 4.90 Å². The second-order valence-corrected chi connectivity index (χ2v) is 5.48. The molecule has 0 spiro atoms. The molecule has 2 heteroatoms. The van der Waals surface area contributed by atoms with Gasteiger partial charge in [0.1, 0.15) is 0 Å². The molecule has 1 aromatic rings. The van der Waals surface area contributed by atoms with Gasteiger partial charge in [-0.05, 0) is 25.5 Å². The van der Waals surface area contributed by atoms with Crippen LogP contribution in [0, 0.1) is 0 Å². The van der Waals surface area contributed by atoms with Gasteiger partial charge in [0.15, 0.2) is 0 Å². The highest BCUT2D eigenvalue weighted by Crippen LogP contribution is 2.27. The summed E-state index contributed by atoms with van der Waals surface area (Å²) >= 11 is 4.72. The first-order chi connectivity index (χ1) is 7.77. The molecule has 0 amide bonds. The topological polar surface area (TPSA) is 3.24 Å². The normalized spacial score (nSPS) is 25.9. The SMILES string of the molecule is CN(Cc1ccccc1)C1CCCCC1S. The maximum absolute atomic E-state index is 4.72. The Kier molecular flexibility index (Phi) is 4.30. The summed E-state index contributed by atoms with van der Waals surface area (Å²) < 4.78 is 0. The average molecular weight is 235 g/mol. The van der Waals surface area contributed by atoms with Crippen molar-refractivity contribution in [1.29, 1.82) is 0 Å². The fraction of sp³-hybridized carbons (Fsp3) is 0.571. The molecule has 1 aliphatic rings. The second kappa shape index (κ2) is 5.74. The molecule has 0 aromatic heterocycles. The molecule has 0 saturated heterocycles. The Balaban J connectivity index is 1.94. The molecule has 2 unspecified atom stereocenters. The zero-order valence-corrected chi connectivity index (χ0v) is 10.9. The van der Waals surface area contributed by atoms with Crippen LogP contribution in [-0.4, -0.2) is 23.2 Å². The third-order valence-electron chi connectivity index (χ3n) is 3.53. The predicted octanol–water partition coefficient (Wildman–Crippen LogP) is 3.36. The first-order valence-corrected chi connectivity index (χ1v) is 6.71. The molecule has 0 bridgehead atoms. The van der Waals surface area contributed by atoms with Gasteiger partial charge in [0, 0.05) is 17.8 Å². The third kappa shape index (κ3) is 3.02. The third-order valence-corrected chi connectivity index (χ3v) is 4.14. The van der Waals surface area contributed by atoms with Crippen molar-refractivity contribution in [3.63, 3.8) is 0 Å². The van der Waals surface area contributed by atoms with Gasteiger partial charge in [0.25, 0.3) is 0 Å². The predicted molar refractivity (Wildman–Crippen MR) is 72.9 cm³/mol. The van der Waals surface area contributed by atoms with Crippen LogP contribution in [0.1, 0.15) is 31.2 Å². The molecule has 1 saturated carbocycles. The highest BCUT2D eigenvalue weighted by molar-refractivity contribution is 7.81. The van der Waals surface area contributed by atoms with Crippen molar-refractivity contribution < 1.29 is 0 Å². The van der Waals surface area contributed by atoms with Gasteiger partial charge in [0.05, 0.1) is 0 Å². The minimum Gasteiger partial charge on any atom is -0.298 e. The van der Waals surface area contributed by atoms with Gasteiger partial charge in [0.2, 0.25) is 0 Å². The van der Waals surface area contributed by atoms with E-state index in [1.807, 2.05) is 0 Å². The molecule has 1 aromatic carbocycles. The zero-order chi connectivity index (χ0) is 11.4. The average Bonchev–Trinajstić information content (AvgIpc) is 2.31. The van der Waals surface area contributed by atoms with Crippen molar-refractivity contribution in [2.75, 3.05) is 7.05 Å². The molecule has 1 aliphatic carbocycles. The first kappa shape index (κ1) is 12.0. The molecular weight excluding hydrogens is 214 g/mol. The van der Waals surface area contributed by atoms with E-state index < -0.39 is 0 Å². The molecular formula is C14H21NS. The highest BCUT2D eigenvalue weighted by Gasteiger charge is 2.25. The highest BCUT2D eigenvalue weighted by atomic mass is 32.1. The van der Waals surface area contributed by atoms with Gasteiger partial charge in [-0.1, -0.05) is 43.2 Å². The number of thiol groups is 1. The van der Waals surface area contributed by atoms with Crippen molar-refractivity contribution in [3.05, 3.63) is 35.9 Å². The number of hydrogen-bond donors (Lipinski definition) is 1. The Hall–Kier alpha value is -0.470. The van der Waals surface area contributed by atoms with Gasteiger partial charge in [-0.2, -0.15) is 12.6 Å². The summed E-state index contributed by atoms with van der Waals surface area (Å²) in [5.41, 5.74) is 1.40. The summed E-state index contributed by atoms with van der Waals surface area (Å²) in [6.07, 6.45) is 5.29. The van der Waals surface area contributed by atoms with E-state index in [1.54, 1.807) is 0 Å². The van der Waals surface area contributed by atoms with Crippen molar-refractivity contribution in [3.8, 4) is 0 Å². The fourth-order valence-corrected chi connectivity index (χ4v) is 3.15. The standard InChI is InChI=1S/C14H21NS/c1-15(11-12-7-3-2-4-8-12)13-9-5-6-10-14(13)16/h2-4,7-8,13-14,16H,5-6,9-11H2,1H3. The molecule has 0 radical (unpaired) electrons. The molecule has 2 atom stereocenters. The molecule has 1 fully saturated rings. The van der Waals surface area contributed by atoms with Crippen molar-refractivity contribution in [2.45, 2.75) is 43.5 Å². The summed E-state index contributed by atoms with van der Waals surface area (Å²) in [4.78, 5) is 2.46. The minimum atomic E-state index is 0.558. The Labute approximate surface area is 104 Å². The Morgan fingerprint density at radius 2 is 1.88 bits per heavy atom. The maximum Gasteiger partial charge on any atom is 0.0234 e. The van der Waals surface area contributed by atoms with Gasteiger partial charge >= 0.3 is 0 Å². The molecule has 0 N–H and O–H groups in total. The van der Waals surface area contributed by atoms with Crippen LogP contribution in [0.5, 0.6) is 0 Å². The minimum absolute atomic E-state index is 0.558. The molecule has 0 aliphatic heterocycles. The smallest absolute Gasteiger partial charge is 0.0234 e. The Bertz CT molecular complexity index is 312. The van der Waals surface area contributed by atoms with Crippen molar-refractivity contribution >= 4 is 12.6 Å². The first-order valence-electron chi connectivity index (χ1n) is 6.19. The molecule has 16 heavy (non-hydrogen) atoms. The largest absolute Gasteiger partial charge is 0.298 e. The van der Waals surface area contributed by atoms with Gasteiger partial charge in [-0.15, -0.1) is 0 Å². The van der Waals surface area contributed by atoms with E-state index in [0.29, 0.717) is 11.3 Å². The van der Waals surface area contributed by atoms with E-state index in [4.69, 9.17) is 12.6 Å². The van der Waals surface area contributed by atoms with Crippen LogP contribution in [0.25, 0.3) is 0 Å². The van der Waals surface area contributed by atoms with Gasteiger partial charge in [-0.3, -0.25) is 4.90 Å². The lowest BCUT2D eigenvalue weighted by molar-refractivity contribution is 0.191. The van der Waals surface area contributed by atoms with E-state index in [2.05, 4.69) is 42.3 Å². The van der Waals surface area contributed by atoms with Crippen LogP contribution in [0.2, 0.25) is 0 Å². The Morgan fingerprint density at radius 1 is 1.19 bits per heavy atom. The number of nitrogens with zero attached hydrogens (tertiary/aromatic N) is 1. The van der Waals surface area contributed by atoms with Crippen molar-refractivity contribution in [2.24, 2.45) is 0 Å². The monoisotopic (exact) mass is 235 g/mol. The summed E-state index contributed by atoms with van der Waals surface area (Å²) in [6.45, 7) is 1.04. The van der Waals surface area contributed by atoms with E-state index >= 15 is 0 Å². The lowest BCUT2D eigenvalue weighted by Crippen LogP contribution is -2.40. The summed E-state index contributed by atoms with van der Waals surface area (Å²) in [7, 11) is 2.23. The Morgan fingerprint density at radius 3 is 2.56 bits per heavy atom. The van der Waals surface area contributed by atoms with Crippen LogP contribution in [0.15, 0.2) is 30.3 Å². The summed E-state index contributed by atoms with van der Waals surface area (Å²) in [5, 5.41) is 0.558. The molecule has 2 rings (SSSR count). The van der Waals surface area contributed by atoms with Crippen LogP contribution in [0.4, 0.5) is 0 Å². The number of benzene rings is 1. The van der Waals surface area contributed by atoms with E-state index in [9.17, 15) is 0 Å². The van der Waals surface area contributed by atoms with Gasteiger partial charge in [-0.25, -0.2) is 0 Å². The maximum atomic E-state index is 4.72. The molecule has 0 heterocycles. The van der Waals surface area contributed by atoms with Crippen LogP contribution >= 0.6 is 12.6 Å². The molecule has 88 valence electrons. The van der Waals surface area contributed by atoms with Crippen LogP contribution < -0.4 is 0 Å². The zero-order valence-electron chi connectivity index (χ0n) is 9.97. The summed E-state index contributed by atoms with van der Waals surface area (Å²) in [5.74, 6) is 0. The fourth-order valence-electron chi connectivity index (χ4n) is 2.59. The van der Waals surface area contributed by atoms with Gasteiger partial charge < -0.3 is 0 Å². The summed E-state index contributed by atoms with van der Waals surface area (Å²) in [6, 6.07) is 11.4. The van der Waals surface area contributed by atoms with E-state index in [-0.39, 0.29) is 0 Å². The lowest BCUT2D eigenvalue weighted by Gasteiger charge is -2.35. The number of rotatable bonds is 3. The lowest BCUT2D eigenvalue weighted by atomic mass is 9.93. The van der Waals surface area contributed by atoms with E-state index in [0.717, 1.165) is 6.54 Å². The quantitative estimate of drug-likeness (QED) is 0.786. The van der Waals surface area contributed by atoms with Crippen LogP contribution in [-0.2, 0) is 6.54 Å². The number of hydrogen-bond acceptors (Lipinski definition) is 2. The second-order valence-electron chi connectivity index (χ2n) is 4.82. The molecule has 1 nitrogen and oxygen atoms in total. The van der Waals surface area contributed by atoms with E-state index in [1.165, 1.54) is 31.2 Å².